The third-order valence-electron chi connectivity index (χ3n) is 3.13. The van der Waals surface area contributed by atoms with E-state index >= 15 is 0 Å². The molecule has 1 amide bonds. The summed E-state index contributed by atoms with van der Waals surface area (Å²) >= 11 is 0. The number of rotatable bonds is 9. The molecule has 0 bridgehead atoms. The molecule has 0 rings (SSSR count). The Morgan fingerprint density at radius 3 is 1.65 bits per heavy atom. The Hall–Kier alpha value is -2.12. The van der Waals surface area contributed by atoms with Crippen LogP contribution in [0.2, 0.25) is 0 Å². The molecule has 23 heavy (non-hydrogen) atoms. The molecule has 0 saturated heterocycles. The van der Waals surface area contributed by atoms with E-state index in [0.29, 0.717) is 0 Å². The monoisotopic (exact) mass is 331 g/mol. The van der Waals surface area contributed by atoms with Crippen molar-refractivity contribution in [2.24, 2.45) is 5.41 Å². The van der Waals surface area contributed by atoms with E-state index < -0.39 is 35.3 Å². The summed E-state index contributed by atoms with van der Waals surface area (Å²) in [5.41, 5.74) is -2.04. The molecule has 0 aromatic heterocycles. The Labute approximate surface area is 135 Å². The molecule has 0 aromatic carbocycles. The number of hydrogen-bond donors (Lipinski definition) is 1. The summed E-state index contributed by atoms with van der Waals surface area (Å²) in [6, 6.07) is -1.53. The van der Waals surface area contributed by atoms with Crippen molar-refractivity contribution in [3.05, 3.63) is 0 Å². The van der Waals surface area contributed by atoms with Crippen molar-refractivity contribution in [1.82, 2.24) is 5.32 Å². The second-order valence-corrected chi connectivity index (χ2v) is 4.75. The van der Waals surface area contributed by atoms with E-state index in [4.69, 9.17) is 14.2 Å². The normalized spacial score (nSPS) is 12.0. The summed E-state index contributed by atoms with van der Waals surface area (Å²) in [4.78, 5) is 48.6. The molecule has 1 atom stereocenters. The molecule has 132 valence electrons. The Bertz CT molecular complexity index is 429. The lowest BCUT2D eigenvalue weighted by molar-refractivity contribution is -0.178. The van der Waals surface area contributed by atoms with Crippen LogP contribution in [0, 0.1) is 5.41 Å². The number of amides is 1. The van der Waals surface area contributed by atoms with E-state index in [0.717, 1.165) is 0 Å². The van der Waals surface area contributed by atoms with Crippen LogP contribution in [0.5, 0.6) is 0 Å². The van der Waals surface area contributed by atoms with E-state index in [1.54, 1.807) is 27.7 Å². The fourth-order valence-corrected chi connectivity index (χ4v) is 1.81. The van der Waals surface area contributed by atoms with Gasteiger partial charge < -0.3 is 19.5 Å². The maximum Gasteiger partial charge on any atom is 0.330 e. The quantitative estimate of drug-likeness (QED) is 0.374. The first-order valence-electron chi connectivity index (χ1n) is 7.59. The summed E-state index contributed by atoms with van der Waals surface area (Å²) < 4.78 is 14.7. The number of ether oxygens (including phenoxy) is 3. The van der Waals surface area contributed by atoms with Crippen molar-refractivity contribution >= 4 is 23.8 Å². The van der Waals surface area contributed by atoms with Crippen LogP contribution in [0.25, 0.3) is 0 Å². The van der Waals surface area contributed by atoms with Gasteiger partial charge in [-0.1, -0.05) is 6.92 Å². The largest absolute Gasteiger partial charge is 0.465 e. The zero-order chi connectivity index (χ0) is 18.0. The van der Waals surface area contributed by atoms with Crippen LogP contribution in [0.15, 0.2) is 0 Å². The highest BCUT2D eigenvalue weighted by Crippen LogP contribution is 2.27. The molecule has 0 aliphatic rings. The van der Waals surface area contributed by atoms with Crippen LogP contribution < -0.4 is 5.32 Å². The van der Waals surface area contributed by atoms with Gasteiger partial charge in [-0.2, -0.15) is 0 Å². The second kappa shape index (κ2) is 9.81. The van der Waals surface area contributed by atoms with Gasteiger partial charge in [-0.25, -0.2) is 4.79 Å². The topological polar surface area (TPSA) is 108 Å². The van der Waals surface area contributed by atoms with E-state index in [9.17, 15) is 19.2 Å². The summed E-state index contributed by atoms with van der Waals surface area (Å²) in [5.74, 6) is -3.35. The molecule has 0 radical (unpaired) electrons. The first-order valence-corrected chi connectivity index (χ1v) is 7.59. The SMILES string of the molecule is CCOC(=O)C(NC(=O)CC)C(C)(C(=O)OCC)C(=O)OCC. The highest BCUT2D eigenvalue weighted by Gasteiger charge is 2.55. The van der Waals surface area contributed by atoms with Crippen LogP contribution in [-0.4, -0.2) is 49.7 Å². The molecule has 0 spiro atoms. The van der Waals surface area contributed by atoms with Crippen LogP contribution in [0.4, 0.5) is 0 Å². The lowest BCUT2D eigenvalue weighted by Gasteiger charge is -2.32. The van der Waals surface area contributed by atoms with Crippen LogP contribution >= 0.6 is 0 Å². The van der Waals surface area contributed by atoms with Gasteiger partial charge in [0, 0.05) is 6.42 Å². The number of carbonyl (C=O) groups excluding carboxylic acids is 4. The first kappa shape index (κ1) is 20.9. The van der Waals surface area contributed by atoms with Gasteiger partial charge in [0.15, 0.2) is 11.5 Å². The highest BCUT2D eigenvalue weighted by atomic mass is 16.6. The minimum Gasteiger partial charge on any atom is -0.465 e. The maximum absolute atomic E-state index is 12.3. The molecule has 1 unspecified atom stereocenters. The number of esters is 3. The van der Waals surface area contributed by atoms with Crippen molar-refractivity contribution in [2.45, 2.75) is 47.1 Å². The van der Waals surface area contributed by atoms with Gasteiger partial charge in [0.05, 0.1) is 19.8 Å². The molecule has 0 aliphatic carbocycles. The van der Waals surface area contributed by atoms with E-state index in [1.165, 1.54) is 6.92 Å². The Morgan fingerprint density at radius 2 is 1.30 bits per heavy atom. The smallest absolute Gasteiger partial charge is 0.330 e. The molecule has 0 saturated carbocycles. The van der Waals surface area contributed by atoms with Crippen molar-refractivity contribution in [2.75, 3.05) is 19.8 Å². The van der Waals surface area contributed by atoms with Crippen molar-refractivity contribution in [3.63, 3.8) is 0 Å². The van der Waals surface area contributed by atoms with Crippen molar-refractivity contribution in [3.8, 4) is 0 Å². The van der Waals surface area contributed by atoms with Gasteiger partial charge in [-0.05, 0) is 27.7 Å². The van der Waals surface area contributed by atoms with Crippen molar-refractivity contribution < 1.29 is 33.4 Å². The van der Waals surface area contributed by atoms with E-state index in [-0.39, 0.29) is 26.2 Å². The van der Waals surface area contributed by atoms with E-state index in [1.807, 2.05) is 0 Å². The molecular formula is C15H25NO7. The number of carbonyl (C=O) groups is 4. The lowest BCUT2D eigenvalue weighted by atomic mass is 9.81. The first-order chi connectivity index (χ1) is 10.8. The molecular weight excluding hydrogens is 306 g/mol. The lowest BCUT2D eigenvalue weighted by Crippen LogP contribution is -2.59. The Morgan fingerprint density at radius 1 is 0.870 bits per heavy atom. The molecule has 0 aliphatic heterocycles. The standard InChI is InChI=1S/C15H25NO7/c1-6-10(17)16-11(12(18)21-7-2)15(5,13(19)22-8-3)14(20)23-9-4/h11H,6-9H2,1-5H3,(H,16,17). The molecule has 0 fully saturated rings. The average Bonchev–Trinajstić information content (AvgIpc) is 2.52. The van der Waals surface area contributed by atoms with E-state index in [2.05, 4.69) is 5.32 Å². The third-order valence-corrected chi connectivity index (χ3v) is 3.13. The Kier molecular flexibility index (Phi) is 8.90. The predicted octanol–water partition coefficient (Wildman–Crippen LogP) is 0.577. The van der Waals surface area contributed by atoms with Gasteiger partial charge >= 0.3 is 17.9 Å². The predicted molar refractivity (Wildman–Crippen MR) is 80.2 cm³/mol. The van der Waals surface area contributed by atoms with Crippen LogP contribution in [-0.2, 0) is 33.4 Å². The van der Waals surface area contributed by atoms with Gasteiger partial charge in [0.1, 0.15) is 0 Å². The Balaban J connectivity index is 5.86. The second-order valence-electron chi connectivity index (χ2n) is 4.75. The third kappa shape index (κ3) is 5.22. The zero-order valence-electron chi connectivity index (χ0n) is 14.3. The summed E-state index contributed by atoms with van der Waals surface area (Å²) in [7, 11) is 0. The minimum atomic E-state index is -2.04. The molecule has 0 aromatic rings. The molecule has 0 heterocycles. The van der Waals surface area contributed by atoms with Gasteiger partial charge in [0.2, 0.25) is 5.91 Å². The summed E-state index contributed by atoms with van der Waals surface area (Å²) in [5, 5.41) is 2.36. The number of nitrogens with one attached hydrogen (secondary N) is 1. The maximum atomic E-state index is 12.3. The minimum absolute atomic E-state index is 0.00506. The van der Waals surface area contributed by atoms with Gasteiger partial charge in [-0.15, -0.1) is 0 Å². The zero-order valence-corrected chi connectivity index (χ0v) is 14.3. The number of hydrogen-bond acceptors (Lipinski definition) is 7. The fraction of sp³-hybridized carbons (Fsp3) is 0.733. The molecule has 8 nitrogen and oxygen atoms in total. The summed E-state index contributed by atoms with van der Waals surface area (Å²) in [6.45, 7) is 7.50. The molecule has 8 heteroatoms. The van der Waals surface area contributed by atoms with Crippen molar-refractivity contribution in [1.29, 1.82) is 0 Å². The average molecular weight is 331 g/mol. The fourth-order valence-electron chi connectivity index (χ4n) is 1.81. The molecule has 1 N–H and O–H groups in total. The summed E-state index contributed by atoms with van der Waals surface area (Å²) in [6.07, 6.45) is 0.0671. The van der Waals surface area contributed by atoms with Crippen LogP contribution in [0.3, 0.4) is 0 Å². The van der Waals surface area contributed by atoms with Gasteiger partial charge in [-0.3, -0.25) is 14.4 Å². The highest BCUT2D eigenvalue weighted by molar-refractivity contribution is 6.06. The van der Waals surface area contributed by atoms with Crippen LogP contribution in [0.1, 0.15) is 41.0 Å². The van der Waals surface area contributed by atoms with Gasteiger partial charge in [0.25, 0.3) is 0 Å².